The summed E-state index contributed by atoms with van der Waals surface area (Å²) in [5, 5.41) is 19.1. The molecule has 1 aromatic rings. The van der Waals surface area contributed by atoms with E-state index in [0.29, 0.717) is 0 Å². The lowest BCUT2D eigenvalue weighted by Gasteiger charge is -2.04. The van der Waals surface area contributed by atoms with Gasteiger partial charge in [-0.25, -0.2) is 4.79 Å². The predicted octanol–water partition coefficient (Wildman–Crippen LogP) is 0.915. The molecule has 0 aliphatic heterocycles. The van der Waals surface area contributed by atoms with Gasteiger partial charge in [-0.15, -0.1) is 0 Å². The molecule has 0 fully saturated rings. The van der Waals surface area contributed by atoms with Crippen LogP contribution in [0.2, 0.25) is 0 Å². The van der Waals surface area contributed by atoms with Crippen molar-refractivity contribution < 1.29 is 27.2 Å². The molecule has 0 aromatic heterocycles. The van der Waals surface area contributed by atoms with Crippen LogP contribution in [-0.2, 0) is 10.1 Å². The van der Waals surface area contributed by atoms with E-state index in [9.17, 15) is 23.3 Å². The predicted molar refractivity (Wildman–Crippen MR) is 56.1 cm³/mol. The van der Waals surface area contributed by atoms with Gasteiger partial charge < -0.3 is 5.11 Å². The van der Waals surface area contributed by atoms with Gasteiger partial charge in [-0.05, 0) is 12.1 Å². The first-order valence-corrected chi connectivity index (χ1v) is 6.11. The van der Waals surface area contributed by atoms with Crippen LogP contribution < -0.4 is 0 Å². The fourth-order valence-electron chi connectivity index (χ4n) is 1.06. The number of carboxylic acids is 1. The Labute approximate surface area is 99.3 Å². The van der Waals surface area contributed by atoms with E-state index < -0.39 is 35.8 Å². The van der Waals surface area contributed by atoms with Crippen molar-refractivity contribution in [1.82, 2.24) is 0 Å². The Morgan fingerprint density at radius 2 is 2.00 bits per heavy atom. The van der Waals surface area contributed by atoms with Gasteiger partial charge in [-0.2, -0.15) is 8.42 Å². The molecule has 0 aliphatic rings. The number of benzene rings is 1. The fraction of sp³-hybridized carbons (Fsp3) is 0. The molecular weight excluding hydrogens is 274 g/mol. The zero-order valence-electron chi connectivity index (χ0n) is 7.93. The monoisotopic (exact) mass is 279 g/mol. The van der Waals surface area contributed by atoms with E-state index in [2.05, 4.69) is 0 Å². The SMILES string of the molecule is O=C(O)c1cccc(S(=O)(=O)O)c1S[N+](=O)[O-]. The summed E-state index contributed by atoms with van der Waals surface area (Å²) < 4.78 is 29.7. The van der Waals surface area contributed by atoms with E-state index in [1.165, 1.54) is 0 Å². The Kier molecular flexibility index (Phi) is 3.70. The Hall–Kier alpha value is -1.65. The number of carboxylic acid groups (broad SMARTS) is 1. The van der Waals surface area contributed by atoms with Gasteiger partial charge in [-0.1, -0.05) is 6.07 Å². The summed E-state index contributed by atoms with van der Waals surface area (Å²) in [5.41, 5.74) is -0.568. The van der Waals surface area contributed by atoms with E-state index in [1.54, 1.807) is 0 Å². The van der Waals surface area contributed by atoms with Crippen molar-refractivity contribution in [3.05, 3.63) is 33.9 Å². The molecule has 8 nitrogen and oxygen atoms in total. The number of aromatic carboxylic acids is 1. The molecule has 0 spiro atoms. The highest BCUT2D eigenvalue weighted by Gasteiger charge is 2.26. The average molecular weight is 279 g/mol. The molecule has 17 heavy (non-hydrogen) atoms. The quantitative estimate of drug-likeness (QED) is 0.359. The van der Waals surface area contributed by atoms with E-state index in [4.69, 9.17) is 9.66 Å². The van der Waals surface area contributed by atoms with Crippen molar-refractivity contribution in [2.24, 2.45) is 0 Å². The van der Waals surface area contributed by atoms with Crippen LogP contribution in [0.4, 0.5) is 0 Å². The lowest BCUT2D eigenvalue weighted by atomic mass is 10.2. The molecule has 10 heteroatoms. The highest BCUT2D eigenvalue weighted by atomic mass is 32.2. The van der Waals surface area contributed by atoms with Crippen LogP contribution in [0.25, 0.3) is 0 Å². The standard InChI is InChI=1S/C7H5NO7S2/c9-7(10)4-2-1-3-5(17(13,14)15)6(4)16-8(11)12/h1-3H,(H,9,10)(H,13,14,15). The molecule has 0 saturated heterocycles. The van der Waals surface area contributed by atoms with Crippen molar-refractivity contribution in [3.63, 3.8) is 0 Å². The first-order valence-electron chi connectivity index (χ1n) is 3.89. The molecule has 0 aliphatic carbocycles. The minimum absolute atomic E-state index is 0.191. The smallest absolute Gasteiger partial charge is 0.337 e. The van der Waals surface area contributed by atoms with Crippen molar-refractivity contribution in [3.8, 4) is 0 Å². The summed E-state index contributed by atoms with van der Waals surface area (Å²) in [6, 6.07) is 2.95. The summed E-state index contributed by atoms with van der Waals surface area (Å²) in [6.45, 7) is 0. The zero-order valence-corrected chi connectivity index (χ0v) is 9.56. The third kappa shape index (κ3) is 3.15. The fourth-order valence-corrected chi connectivity index (χ4v) is 2.64. The molecule has 92 valence electrons. The van der Waals surface area contributed by atoms with Gasteiger partial charge in [0.25, 0.3) is 22.1 Å². The van der Waals surface area contributed by atoms with Gasteiger partial charge in [0.1, 0.15) is 14.1 Å². The van der Waals surface area contributed by atoms with Crippen molar-refractivity contribution in [2.45, 2.75) is 9.79 Å². The lowest BCUT2D eigenvalue weighted by molar-refractivity contribution is -0.284. The van der Waals surface area contributed by atoms with Gasteiger partial charge in [0, 0.05) is 0 Å². The number of hydrogen-bond donors (Lipinski definition) is 2. The highest BCUT2D eigenvalue weighted by molar-refractivity contribution is 7.94. The second-order valence-corrected chi connectivity index (χ2v) is 5.01. The van der Waals surface area contributed by atoms with E-state index >= 15 is 0 Å². The van der Waals surface area contributed by atoms with Crippen molar-refractivity contribution in [1.29, 1.82) is 0 Å². The third-order valence-electron chi connectivity index (χ3n) is 1.65. The second-order valence-electron chi connectivity index (χ2n) is 2.73. The second kappa shape index (κ2) is 4.69. The van der Waals surface area contributed by atoms with Crippen LogP contribution in [0.15, 0.2) is 28.0 Å². The summed E-state index contributed by atoms with van der Waals surface area (Å²) in [6.07, 6.45) is 0. The van der Waals surface area contributed by atoms with Gasteiger partial charge in [0.05, 0.1) is 5.56 Å². The van der Waals surface area contributed by atoms with E-state index in [-0.39, 0.29) is 11.9 Å². The van der Waals surface area contributed by atoms with Crippen molar-refractivity contribution in [2.75, 3.05) is 0 Å². The molecule has 0 saturated carbocycles. The Morgan fingerprint density at radius 1 is 1.41 bits per heavy atom. The summed E-state index contributed by atoms with van der Waals surface area (Å²) in [7, 11) is -4.72. The first kappa shape index (κ1) is 13.4. The molecule has 2 N–H and O–H groups in total. The molecule has 0 atom stereocenters. The minimum Gasteiger partial charge on any atom is -0.478 e. The number of carbonyl (C=O) groups is 1. The van der Waals surface area contributed by atoms with Crippen LogP contribution in [0.5, 0.6) is 0 Å². The van der Waals surface area contributed by atoms with Crippen LogP contribution in [-0.4, -0.2) is 28.4 Å². The molecule has 1 rings (SSSR count). The Morgan fingerprint density at radius 3 is 2.41 bits per heavy atom. The largest absolute Gasteiger partial charge is 0.478 e. The number of nitrogens with zero attached hydrogens (tertiary/aromatic N) is 1. The summed E-state index contributed by atoms with van der Waals surface area (Å²) >= 11 is -0.191. The van der Waals surface area contributed by atoms with Crippen molar-refractivity contribution >= 4 is 28.0 Å². The first-order chi connectivity index (χ1) is 7.73. The highest BCUT2D eigenvalue weighted by Crippen LogP contribution is 2.30. The summed E-state index contributed by atoms with van der Waals surface area (Å²) in [4.78, 5) is 19.7. The number of rotatable bonds is 4. The molecule has 1 aromatic carbocycles. The maximum absolute atomic E-state index is 10.9. The number of hydrogen-bond acceptors (Lipinski definition) is 6. The molecule has 0 bridgehead atoms. The maximum Gasteiger partial charge on any atom is 0.337 e. The maximum atomic E-state index is 10.9. The van der Waals surface area contributed by atoms with Gasteiger partial charge in [0.15, 0.2) is 0 Å². The average Bonchev–Trinajstić information content (AvgIpc) is 2.14. The van der Waals surface area contributed by atoms with Crippen LogP contribution in [0.3, 0.4) is 0 Å². The lowest BCUT2D eigenvalue weighted by Crippen LogP contribution is -2.07. The molecular formula is C7H5NO7S2. The molecule has 0 radical (unpaired) electrons. The van der Waals surface area contributed by atoms with Gasteiger partial charge in [-0.3, -0.25) is 14.7 Å². The topological polar surface area (TPSA) is 135 Å². The zero-order chi connectivity index (χ0) is 13.2. The number of nitro groups is 1. The third-order valence-corrected chi connectivity index (χ3v) is 3.45. The van der Waals surface area contributed by atoms with Crippen LogP contribution in [0, 0.1) is 10.1 Å². The molecule has 0 amide bonds. The van der Waals surface area contributed by atoms with E-state index in [0.717, 1.165) is 18.2 Å². The van der Waals surface area contributed by atoms with Gasteiger partial charge in [0.2, 0.25) is 0 Å². The van der Waals surface area contributed by atoms with Crippen LogP contribution in [0.1, 0.15) is 10.4 Å². The Balaban J connectivity index is 3.56. The molecule has 0 heterocycles. The van der Waals surface area contributed by atoms with Gasteiger partial charge >= 0.3 is 5.97 Å². The normalized spacial score (nSPS) is 11.1. The van der Waals surface area contributed by atoms with Crippen LogP contribution >= 0.6 is 11.9 Å². The summed E-state index contributed by atoms with van der Waals surface area (Å²) in [5.74, 6) is -1.53. The minimum atomic E-state index is -4.72. The van der Waals surface area contributed by atoms with E-state index in [1.807, 2.05) is 0 Å². The Bertz CT molecular complexity index is 580. The molecule has 0 unspecified atom stereocenters.